The molecule has 0 saturated carbocycles. The standard InChI is InChI=1S/C29H29N.C4H4O4/c1-6-20-30(21-7-1)22-8-9-23-14-16-26(17-15-23)29-27-12-4-2-10-24(27)18-19-25-11-3-5-13-28(25)29;5-3(6)1-2-4(7)8/h2-5,8-19,29H,1,6-7,20-22H2;1-2H,(H,5,6)(H,7,8)/b9-8+;2-1-. The first-order valence-corrected chi connectivity index (χ1v) is 13.0. The van der Waals surface area contributed by atoms with E-state index in [1.807, 2.05) is 0 Å². The molecule has 3 aromatic rings. The van der Waals surface area contributed by atoms with Gasteiger partial charge in [-0.15, -0.1) is 0 Å². The molecule has 5 rings (SSSR count). The molecule has 1 fully saturated rings. The van der Waals surface area contributed by atoms with E-state index in [4.69, 9.17) is 10.2 Å². The molecule has 5 nitrogen and oxygen atoms in total. The Morgan fingerprint density at radius 1 is 0.737 bits per heavy atom. The molecule has 0 unspecified atom stereocenters. The van der Waals surface area contributed by atoms with Crippen LogP contribution in [-0.4, -0.2) is 46.7 Å². The van der Waals surface area contributed by atoms with Crippen molar-refractivity contribution in [2.75, 3.05) is 19.6 Å². The van der Waals surface area contributed by atoms with Crippen molar-refractivity contribution in [1.29, 1.82) is 0 Å². The minimum Gasteiger partial charge on any atom is -0.478 e. The first-order chi connectivity index (χ1) is 18.5. The Kier molecular flexibility index (Phi) is 9.43. The summed E-state index contributed by atoms with van der Waals surface area (Å²) in [4.78, 5) is 21.7. The zero-order chi connectivity index (χ0) is 26.7. The van der Waals surface area contributed by atoms with Gasteiger partial charge in [0.2, 0.25) is 0 Å². The van der Waals surface area contributed by atoms with Crippen LogP contribution in [0.15, 0.2) is 91.0 Å². The van der Waals surface area contributed by atoms with Crippen molar-refractivity contribution >= 4 is 30.2 Å². The summed E-state index contributed by atoms with van der Waals surface area (Å²) in [6.07, 6.45) is 14.3. The number of benzene rings is 3. The molecule has 2 aliphatic rings. The summed E-state index contributed by atoms with van der Waals surface area (Å²) in [5.74, 6) is -2.25. The van der Waals surface area contributed by atoms with Crippen molar-refractivity contribution in [3.05, 3.63) is 124 Å². The van der Waals surface area contributed by atoms with E-state index in [-0.39, 0.29) is 5.92 Å². The highest BCUT2D eigenvalue weighted by molar-refractivity contribution is 5.89. The minimum absolute atomic E-state index is 0.263. The molecule has 2 N–H and O–H groups in total. The molecule has 0 radical (unpaired) electrons. The van der Waals surface area contributed by atoms with E-state index < -0.39 is 11.9 Å². The lowest BCUT2D eigenvalue weighted by atomic mass is 9.82. The molecule has 1 heterocycles. The van der Waals surface area contributed by atoms with Gasteiger partial charge in [-0.05, 0) is 59.3 Å². The molecule has 1 aliphatic carbocycles. The smallest absolute Gasteiger partial charge is 0.328 e. The van der Waals surface area contributed by atoms with Crippen LogP contribution in [0.2, 0.25) is 0 Å². The van der Waals surface area contributed by atoms with E-state index in [0.717, 1.165) is 6.54 Å². The third-order valence-corrected chi connectivity index (χ3v) is 6.82. The van der Waals surface area contributed by atoms with Crippen molar-refractivity contribution in [2.24, 2.45) is 0 Å². The molecule has 3 aromatic carbocycles. The highest BCUT2D eigenvalue weighted by atomic mass is 16.4. The Labute approximate surface area is 224 Å². The van der Waals surface area contributed by atoms with Gasteiger partial charge in [0, 0.05) is 24.6 Å². The van der Waals surface area contributed by atoms with Gasteiger partial charge < -0.3 is 10.2 Å². The third-order valence-electron chi connectivity index (χ3n) is 6.82. The number of hydrogen-bond donors (Lipinski definition) is 2. The largest absolute Gasteiger partial charge is 0.478 e. The van der Waals surface area contributed by atoms with Gasteiger partial charge in [-0.3, -0.25) is 4.90 Å². The van der Waals surface area contributed by atoms with Crippen molar-refractivity contribution < 1.29 is 19.8 Å². The Morgan fingerprint density at radius 3 is 1.79 bits per heavy atom. The fraction of sp³-hybridized carbons (Fsp3) is 0.212. The maximum Gasteiger partial charge on any atom is 0.328 e. The summed E-state index contributed by atoms with van der Waals surface area (Å²) in [5.41, 5.74) is 8.02. The van der Waals surface area contributed by atoms with Crippen LogP contribution in [0.3, 0.4) is 0 Å². The van der Waals surface area contributed by atoms with E-state index in [0.29, 0.717) is 12.2 Å². The second-order valence-corrected chi connectivity index (χ2v) is 9.46. The number of carboxylic acids is 2. The Bertz CT molecular complexity index is 1270. The molecular formula is C33H33NO4. The van der Waals surface area contributed by atoms with Crippen LogP contribution in [0.25, 0.3) is 18.2 Å². The molecule has 0 amide bonds. The number of carboxylic acid groups (broad SMARTS) is 2. The zero-order valence-corrected chi connectivity index (χ0v) is 21.4. The van der Waals surface area contributed by atoms with Crippen molar-refractivity contribution in [3.8, 4) is 0 Å². The highest BCUT2D eigenvalue weighted by Crippen LogP contribution is 2.39. The topological polar surface area (TPSA) is 77.8 Å². The molecule has 0 spiro atoms. The van der Waals surface area contributed by atoms with Crippen molar-refractivity contribution in [1.82, 2.24) is 4.90 Å². The molecule has 38 heavy (non-hydrogen) atoms. The van der Waals surface area contributed by atoms with E-state index in [2.05, 4.69) is 102 Å². The molecule has 5 heteroatoms. The summed E-state index contributed by atoms with van der Waals surface area (Å²) in [6.45, 7) is 3.56. The van der Waals surface area contributed by atoms with Gasteiger partial charge in [-0.25, -0.2) is 9.59 Å². The number of carbonyl (C=O) groups is 2. The van der Waals surface area contributed by atoms with Gasteiger partial charge in [0.15, 0.2) is 0 Å². The van der Waals surface area contributed by atoms with E-state index in [1.54, 1.807) is 0 Å². The highest BCUT2D eigenvalue weighted by Gasteiger charge is 2.22. The third kappa shape index (κ3) is 7.40. The van der Waals surface area contributed by atoms with Crippen molar-refractivity contribution in [3.63, 3.8) is 0 Å². The summed E-state index contributed by atoms with van der Waals surface area (Å²) in [7, 11) is 0. The lowest BCUT2D eigenvalue weighted by molar-refractivity contribution is -0.134. The fourth-order valence-electron chi connectivity index (χ4n) is 4.98. The predicted molar refractivity (Wildman–Crippen MR) is 153 cm³/mol. The molecule has 0 bridgehead atoms. The molecule has 1 aliphatic heterocycles. The minimum atomic E-state index is -1.26. The van der Waals surface area contributed by atoms with Crippen LogP contribution < -0.4 is 0 Å². The van der Waals surface area contributed by atoms with Crippen LogP contribution in [0, 0.1) is 0 Å². The fourth-order valence-corrected chi connectivity index (χ4v) is 4.98. The Hall–Kier alpha value is -4.22. The number of fused-ring (bicyclic) bond motifs is 2. The second kappa shape index (κ2) is 13.4. The van der Waals surface area contributed by atoms with Gasteiger partial charge in [0.1, 0.15) is 0 Å². The lowest BCUT2D eigenvalue weighted by Crippen LogP contribution is -2.29. The van der Waals surface area contributed by atoms with Crippen LogP contribution in [0.4, 0.5) is 0 Å². The van der Waals surface area contributed by atoms with Crippen LogP contribution in [0.1, 0.15) is 58.6 Å². The summed E-state index contributed by atoms with van der Waals surface area (Å²) < 4.78 is 0. The number of likely N-dealkylation sites (tertiary alicyclic amines) is 1. The first kappa shape index (κ1) is 26.8. The zero-order valence-electron chi connectivity index (χ0n) is 21.4. The molecule has 0 atom stereocenters. The van der Waals surface area contributed by atoms with Gasteiger partial charge in [0.05, 0.1) is 0 Å². The maximum absolute atomic E-state index is 9.55. The summed E-state index contributed by atoms with van der Waals surface area (Å²) in [6, 6.07) is 26.7. The summed E-state index contributed by atoms with van der Waals surface area (Å²) >= 11 is 0. The Morgan fingerprint density at radius 2 is 1.26 bits per heavy atom. The van der Waals surface area contributed by atoms with Crippen LogP contribution in [0.5, 0.6) is 0 Å². The average Bonchev–Trinajstić information content (AvgIpc) is 3.10. The monoisotopic (exact) mass is 507 g/mol. The average molecular weight is 508 g/mol. The lowest BCUT2D eigenvalue weighted by Gasteiger charge is -2.24. The van der Waals surface area contributed by atoms with E-state index >= 15 is 0 Å². The molecule has 0 aromatic heterocycles. The van der Waals surface area contributed by atoms with Crippen molar-refractivity contribution in [2.45, 2.75) is 25.2 Å². The number of piperidine rings is 1. The quantitative estimate of drug-likeness (QED) is 0.289. The van der Waals surface area contributed by atoms with Gasteiger partial charge in [-0.1, -0.05) is 104 Å². The van der Waals surface area contributed by atoms with Crippen LogP contribution >= 0.6 is 0 Å². The first-order valence-electron chi connectivity index (χ1n) is 13.0. The number of nitrogens with zero attached hydrogens (tertiary/aromatic N) is 1. The SMILES string of the molecule is C1=Cc2ccccc2C(c2ccc(/C=C/CN3CCCCC3)cc2)c2ccccc21.O=C(O)/C=C\C(=O)O. The Balaban J connectivity index is 0.000000368. The number of hydrogen-bond acceptors (Lipinski definition) is 3. The maximum atomic E-state index is 9.55. The van der Waals surface area contributed by atoms with Gasteiger partial charge >= 0.3 is 11.9 Å². The summed E-state index contributed by atoms with van der Waals surface area (Å²) in [5, 5.41) is 15.6. The predicted octanol–water partition coefficient (Wildman–Crippen LogP) is 6.56. The normalized spacial score (nSPS) is 15.4. The second-order valence-electron chi connectivity index (χ2n) is 9.46. The van der Waals surface area contributed by atoms with Gasteiger partial charge in [0.25, 0.3) is 0 Å². The van der Waals surface area contributed by atoms with E-state index in [1.165, 1.54) is 65.7 Å². The number of aliphatic carboxylic acids is 2. The number of rotatable bonds is 6. The molecular weight excluding hydrogens is 474 g/mol. The molecule has 1 saturated heterocycles. The van der Waals surface area contributed by atoms with E-state index in [9.17, 15) is 9.59 Å². The van der Waals surface area contributed by atoms with Crippen LogP contribution in [-0.2, 0) is 9.59 Å². The molecule has 194 valence electrons. The van der Waals surface area contributed by atoms with Gasteiger partial charge in [-0.2, -0.15) is 0 Å².